The highest BCUT2D eigenvalue weighted by molar-refractivity contribution is 6.28. The second-order valence-electron chi connectivity index (χ2n) is 3.91. The lowest BCUT2D eigenvalue weighted by Crippen LogP contribution is -2.23. The molecular formula is C10H13ClN4O2. The second kappa shape index (κ2) is 4.03. The highest BCUT2D eigenvalue weighted by atomic mass is 35.5. The van der Waals surface area contributed by atoms with Crippen LogP contribution in [-0.4, -0.2) is 18.7 Å². The van der Waals surface area contributed by atoms with Gasteiger partial charge in [-0.05, 0) is 18.0 Å². The van der Waals surface area contributed by atoms with E-state index in [2.05, 4.69) is 4.98 Å². The zero-order valence-electron chi connectivity index (χ0n) is 9.90. The lowest BCUT2D eigenvalue weighted by atomic mass is 10.4. The fourth-order valence-corrected chi connectivity index (χ4v) is 1.98. The van der Waals surface area contributed by atoms with Crippen LogP contribution in [0.25, 0.3) is 11.2 Å². The maximum Gasteiger partial charge on any atom is 0.330 e. The van der Waals surface area contributed by atoms with Gasteiger partial charge in [0.2, 0.25) is 5.28 Å². The molecule has 2 heterocycles. The zero-order chi connectivity index (χ0) is 12.7. The van der Waals surface area contributed by atoms with Crippen LogP contribution in [0.4, 0.5) is 0 Å². The average Bonchev–Trinajstić information content (AvgIpc) is 2.52. The van der Waals surface area contributed by atoms with Gasteiger partial charge in [-0.25, -0.2) is 4.79 Å². The van der Waals surface area contributed by atoms with E-state index in [1.807, 2.05) is 6.92 Å². The largest absolute Gasteiger partial charge is 0.330 e. The van der Waals surface area contributed by atoms with Gasteiger partial charge in [0.25, 0.3) is 5.56 Å². The van der Waals surface area contributed by atoms with E-state index in [4.69, 9.17) is 11.6 Å². The molecule has 0 unspecified atom stereocenters. The summed E-state index contributed by atoms with van der Waals surface area (Å²) >= 11 is 5.85. The molecular weight excluding hydrogens is 244 g/mol. The van der Waals surface area contributed by atoms with E-state index in [0.29, 0.717) is 12.2 Å². The molecule has 0 saturated carbocycles. The molecule has 0 aliphatic rings. The fraction of sp³-hybridized carbons (Fsp3) is 0.500. The molecule has 2 rings (SSSR count). The van der Waals surface area contributed by atoms with Crippen molar-refractivity contribution in [1.29, 1.82) is 0 Å². The van der Waals surface area contributed by atoms with E-state index in [1.54, 1.807) is 7.05 Å². The summed E-state index contributed by atoms with van der Waals surface area (Å²) in [6, 6.07) is 0. The molecule has 2 aromatic heterocycles. The Hall–Kier alpha value is -1.56. The maximum atomic E-state index is 12.0. The van der Waals surface area contributed by atoms with Gasteiger partial charge in [-0.2, -0.15) is 4.98 Å². The Morgan fingerprint density at radius 3 is 2.47 bits per heavy atom. The molecule has 7 heteroatoms. The Kier molecular flexibility index (Phi) is 2.82. The van der Waals surface area contributed by atoms with E-state index in [9.17, 15) is 9.59 Å². The standard InChI is InChI=1S/C10H13ClN4O2/c1-4-5-15-7-6(13(2)10(15)17)8(16)14(3)9(11)12-7/h4-5H2,1-3H3. The Morgan fingerprint density at radius 2 is 1.88 bits per heavy atom. The number of imidazole rings is 1. The number of fused-ring (bicyclic) bond motifs is 1. The molecule has 0 aliphatic heterocycles. The molecule has 92 valence electrons. The van der Waals surface area contributed by atoms with Crippen LogP contribution in [-0.2, 0) is 20.6 Å². The molecule has 0 spiro atoms. The number of halogens is 1. The molecule has 6 nitrogen and oxygen atoms in total. The third-order valence-electron chi connectivity index (χ3n) is 2.75. The number of aromatic nitrogens is 4. The van der Waals surface area contributed by atoms with E-state index in [-0.39, 0.29) is 22.0 Å². The van der Waals surface area contributed by atoms with Crippen molar-refractivity contribution in [3.63, 3.8) is 0 Å². The van der Waals surface area contributed by atoms with Gasteiger partial charge in [0.15, 0.2) is 11.2 Å². The summed E-state index contributed by atoms with van der Waals surface area (Å²) in [4.78, 5) is 28.1. The molecule has 0 aliphatic carbocycles. The molecule has 0 radical (unpaired) electrons. The summed E-state index contributed by atoms with van der Waals surface area (Å²) in [6.45, 7) is 2.47. The van der Waals surface area contributed by atoms with Crippen molar-refractivity contribution in [3.05, 3.63) is 26.1 Å². The van der Waals surface area contributed by atoms with Crippen molar-refractivity contribution in [2.45, 2.75) is 19.9 Å². The predicted molar refractivity (Wildman–Crippen MR) is 65.5 cm³/mol. The van der Waals surface area contributed by atoms with Gasteiger partial charge in [-0.3, -0.25) is 18.5 Å². The first-order valence-electron chi connectivity index (χ1n) is 5.30. The zero-order valence-corrected chi connectivity index (χ0v) is 10.7. The number of rotatable bonds is 2. The normalized spacial score (nSPS) is 11.3. The third-order valence-corrected chi connectivity index (χ3v) is 3.09. The molecule has 17 heavy (non-hydrogen) atoms. The summed E-state index contributed by atoms with van der Waals surface area (Å²) in [5.74, 6) is 0. The van der Waals surface area contributed by atoms with Crippen molar-refractivity contribution >= 4 is 22.8 Å². The molecule has 0 amide bonds. The minimum absolute atomic E-state index is 0.0814. The van der Waals surface area contributed by atoms with Crippen LogP contribution in [0, 0.1) is 0 Å². The first-order valence-corrected chi connectivity index (χ1v) is 5.68. The molecule has 0 atom stereocenters. The highest BCUT2D eigenvalue weighted by Crippen LogP contribution is 2.09. The van der Waals surface area contributed by atoms with Crippen molar-refractivity contribution in [3.8, 4) is 0 Å². The van der Waals surface area contributed by atoms with Crippen LogP contribution < -0.4 is 11.2 Å². The van der Waals surface area contributed by atoms with Crippen LogP contribution in [0.1, 0.15) is 13.3 Å². The Morgan fingerprint density at radius 1 is 1.24 bits per heavy atom. The molecule has 0 bridgehead atoms. The van der Waals surface area contributed by atoms with Gasteiger partial charge < -0.3 is 0 Å². The summed E-state index contributed by atoms with van der Waals surface area (Å²) in [6.07, 6.45) is 0.785. The first kappa shape index (κ1) is 11.9. The first-order chi connectivity index (χ1) is 7.99. The van der Waals surface area contributed by atoms with E-state index < -0.39 is 0 Å². The summed E-state index contributed by atoms with van der Waals surface area (Å²) in [5.41, 5.74) is 0.0889. The van der Waals surface area contributed by atoms with E-state index in [0.717, 1.165) is 6.42 Å². The average molecular weight is 257 g/mol. The molecule has 0 saturated heterocycles. The van der Waals surface area contributed by atoms with Crippen molar-refractivity contribution in [2.75, 3.05) is 0 Å². The lowest BCUT2D eigenvalue weighted by molar-refractivity contribution is 0.648. The van der Waals surface area contributed by atoms with Gasteiger partial charge in [0, 0.05) is 20.6 Å². The van der Waals surface area contributed by atoms with Crippen LogP contribution in [0.3, 0.4) is 0 Å². The maximum absolute atomic E-state index is 12.0. The molecule has 0 aromatic carbocycles. The topological polar surface area (TPSA) is 61.8 Å². The summed E-state index contributed by atoms with van der Waals surface area (Å²) < 4.78 is 4.01. The molecule has 0 fully saturated rings. The second-order valence-corrected chi connectivity index (χ2v) is 4.25. The third kappa shape index (κ3) is 1.59. The number of nitrogens with zero attached hydrogens (tertiary/aromatic N) is 4. The monoisotopic (exact) mass is 256 g/mol. The van der Waals surface area contributed by atoms with Gasteiger partial charge in [0.1, 0.15) is 0 Å². The summed E-state index contributed by atoms with van der Waals surface area (Å²) in [7, 11) is 3.09. The minimum Gasteiger partial charge on any atom is -0.289 e. The van der Waals surface area contributed by atoms with Crippen LogP contribution >= 0.6 is 11.6 Å². The van der Waals surface area contributed by atoms with Crippen LogP contribution in [0.5, 0.6) is 0 Å². The SMILES string of the molecule is CCCn1c(=O)n(C)c2c(=O)n(C)c(Cl)nc21. The van der Waals surface area contributed by atoms with Crippen LogP contribution in [0.15, 0.2) is 9.59 Å². The highest BCUT2D eigenvalue weighted by Gasteiger charge is 2.17. The lowest BCUT2D eigenvalue weighted by Gasteiger charge is -2.02. The van der Waals surface area contributed by atoms with E-state index in [1.165, 1.54) is 20.7 Å². The minimum atomic E-state index is -0.311. The smallest absolute Gasteiger partial charge is 0.289 e. The van der Waals surface area contributed by atoms with E-state index >= 15 is 0 Å². The van der Waals surface area contributed by atoms with Gasteiger partial charge >= 0.3 is 5.69 Å². The number of hydrogen-bond acceptors (Lipinski definition) is 3. The fourth-order valence-electron chi connectivity index (χ4n) is 1.83. The Labute approximate surface area is 102 Å². The van der Waals surface area contributed by atoms with Crippen molar-refractivity contribution < 1.29 is 0 Å². The molecule has 0 N–H and O–H groups in total. The van der Waals surface area contributed by atoms with Gasteiger partial charge in [-0.15, -0.1) is 0 Å². The van der Waals surface area contributed by atoms with Crippen molar-refractivity contribution in [2.24, 2.45) is 14.1 Å². The number of hydrogen-bond donors (Lipinski definition) is 0. The van der Waals surface area contributed by atoms with Gasteiger partial charge in [-0.1, -0.05) is 6.92 Å². The quantitative estimate of drug-likeness (QED) is 0.735. The summed E-state index contributed by atoms with van der Waals surface area (Å²) in [5, 5.41) is 0.0814. The van der Waals surface area contributed by atoms with Crippen LogP contribution in [0.2, 0.25) is 5.28 Å². The van der Waals surface area contributed by atoms with Gasteiger partial charge in [0.05, 0.1) is 0 Å². The molecule has 2 aromatic rings. The number of aryl methyl sites for hydroxylation is 2. The van der Waals surface area contributed by atoms with Crippen molar-refractivity contribution in [1.82, 2.24) is 18.7 Å². The Balaban J connectivity index is 3.01. The predicted octanol–water partition coefficient (Wildman–Crippen LogP) is 0.497. The Bertz CT molecular complexity index is 695.